The van der Waals surface area contributed by atoms with Gasteiger partial charge in [-0.05, 0) is 139 Å². The van der Waals surface area contributed by atoms with E-state index in [9.17, 15) is 0 Å². The van der Waals surface area contributed by atoms with Crippen molar-refractivity contribution < 1.29 is 9.47 Å². The van der Waals surface area contributed by atoms with Gasteiger partial charge in [0.2, 0.25) is 0 Å². The average molecular weight is 611 g/mol. The van der Waals surface area contributed by atoms with Crippen LogP contribution in [0.1, 0.15) is 101 Å². The Labute approximate surface area is 270 Å². The summed E-state index contributed by atoms with van der Waals surface area (Å²) >= 11 is 0. The smallest absolute Gasteiger partial charge is 0.119 e. The molecule has 0 atom stereocenters. The maximum atomic E-state index is 5.30. The normalized spacial score (nSPS) is 11.2. The van der Waals surface area contributed by atoms with E-state index in [2.05, 4.69) is 57.7 Å². The zero-order chi connectivity index (χ0) is 31.2. The van der Waals surface area contributed by atoms with Gasteiger partial charge in [-0.15, -0.1) is 0 Å². The van der Waals surface area contributed by atoms with Crippen molar-refractivity contribution in [3.63, 3.8) is 0 Å². The summed E-state index contributed by atoms with van der Waals surface area (Å²) in [6, 6.07) is 16.8. The van der Waals surface area contributed by atoms with Crippen molar-refractivity contribution in [2.24, 2.45) is 0 Å². The van der Waals surface area contributed by atoms with Gasteiger partial charge in [-0.3, -0.25) is 0 Å². The Hall–Kier alpha value is -2.12. The molecule has 0 bridgehead atoms. The Morgan fingerprint density at radius 2 is 0.682 bits per heavy atom. The Morgan fingerprint density at radius 1 is 0.386 bits per heavy atom. The minimum Gasteiger partial charge on any atom is -0.497 e. The molecule has 2 aromatic rings. The molecule has 0 radical (unpaired) electrons. The first-order valence-corrected chi connectivity index (χ1v) is 17.9. The largest absolute Gasteiger partial charge is 0.497 e. The van der Waals surface area contributed by atoms with Gasteiger partial charge in [-0.1, -0.05) is 75.6 Å². The molecule has 0 saturated carbocycles. The van der Waals surface area contributed by atoms with E-state index in [1.165, 1.54) is 127 Å². The van der Waals surface area contributed by atoms with Crippen molar-refractivity contribution in [2.45, 2.75) is 103 Å². The van der Waals surface area contributed by atoms with Gasteiger partial charge in [0.25, 0.3) is 0 Å². The summed E-state index contributed by atoms with van der Waals surface area (Å²) < 4.78 is 10.6. The van der Waals surface area contributed by atoms with Crippen LogP contribution in [0.2, 0.25) is 0 Å². The lowest BCUT2D eigenvalue weighted by molar-refractivity contribution is 0.414. The van der Waals surface area contributed by atoms with Gasteiger partial charge < -0.3 is 30.7 Å². The number of rotatable bonds is 31. The number of hydrogen-bond donors (Lipinski definition) is 4. The van der Waals surface area contributed by atoms with E-state index in [0.717, 1.165) is 50.5 Å². The van der Waals surface area contributed by atoms with Crippen molar-refractivity contribution in [2.75, 3.05) is 66.6 Å². The average Bonchev–Trinajstić information content (AvgIpc) is 3.06. The summed E-state index contributed by atoms with van der Waals surface area (Å²) in [7, 11) is 3.46. The van der Waals surface area contributed by atoms with Crippen molar-refractivity contribution >= 4 is 0 Å². The molecule has 2 rings (SSSR count). The third kappa shape index (κ3) is 21.6. The molecule has 0 spiro atoms. The van der Waals surface area contributed by atoms with Gasteiger partial charge in [0.05, 0.1) is 14.2 Å². The quantitative estimate of drug-likeness (QED) is 0.0672. The van der Waals surface area contributed by atoms with Crippen LogP contribution in [0.3, 0.4) is 0 Å². The molecule has 6 heteroatoms. The highest BCUT2D eigenvalue weighted by Gasteiger charge is 1.98. The standard InChI is InChI=1S/C38H66N4O2/c1-43-37-21-17-19-35(33-37)23-31-41-29-15-9-7-13-27-39-25-11-5-3-4-6-12-26-40-28-14-8-10-16-30-42-32-24-36-20-18-22-38(34-36)44-2/h17-22,33-34,39-42H,3-16,23-32H2,1-2H3. The summed E-state index contributed by atoms with van der Waals surface area (Å²) in [6.07, 6.45) is 20.8. The molecular weight excluding hydrogens is 544 g/mol. The Bertz CT molecular complexity index is 836. The highest BCUT2D eigenvalue weighted by molar-refractivity contribution is 5.29. The van der Waals surface area contributed by atoms with Gasteiger partial charge in [0, 0.05) is 0 Å². The highest BCUT2D eigenvalue weighted by atomic mass is 16.5. The zero-order valence-electron chi connectivity index (χ0n) is 28.4. The van der Waals surface area contributed by atoms with Gasteiger partial charge >= 0.3 is 0 Å². The molecule has 4 N–H and O–H groups in total. The fraction of sp³-hybridized carbons (Fsp3) is 0.684. The van der Waals surface area contributed by atoms with Crippen molar-refractivity contribution in [3.05, 3.63) is 59.7 Å². The molecule has 0 aliphatic rings. The molecule has 0 heterocycles. The van der Waals surface area contributed by atoms with E-state index in [1.54, 1.807) is 14.2 Å². The van der Waals surface area contributed by atoms with Crippen LogP contribution in [0.5, 0.6) is 11.5 Å². The van der Waals surface area contributed by atoms with Gasteiger partial charge in [-0.25, -0.2) is 0 Å². The summed E-state index contributed by atoms with van der Waals surface area (Å²) in [5.74, 6) is 1.90. The van der Waals surface area contributed by atoms with Crippen LogP contribution >= 0.6 is 0 Å². The Balaban J connectivity index is 1.18. The summed E-state index contributed by atoms with van der Waals surface area (Å²) in [4.78, 5) is 0. The first-order valence-electron chi connectivity index (χ1n) is 17.9. The summed E-state index contributed by atoms with van der Waals surface area (Å²) in [6.45, 7) is 9.06. The summed E-state index contributed by atoms with van der Waals surface area (Å²) in [5.41, 5.74) is 2.68. The Kier molecular flexibility index (Phi) is 24.5. The maximum absolute atomic E-state index is 5.30. The van der Waals surface area contributed by atoms with E-state index >= 15 is 0 Å². The minimum atomic E-state index is 0.949. The van der Waals surface area contributed by atoms with E-state index in [1.807, 2.05) is 12.1 Å². The fourth-order valence-electron chi connectivity index (χ4n) is 5.54. The number of methoxy groups -OCH3 is 2. The lowest BCUT2D eigenvalue weighted by Gasteiger charge is -2.08. The predicted molar refractivity (Wildman–Crippen MR) is 190 cm³/mol. The Morgan fingerprint density at radius 3 is 1.00 bits per heavy atom. The minimum absolute atomic E-state index is 0.949. The van der Waals surface area contributed by atoms with Crippen LogP contribution in [0.4, 0.5) is 0 Å². The first-order chi connectivity index (χ1) is 21.8. The first kappa shape index (κ1) is 38.1. The number of unbranched alkanes of at least 4 members (excludes halogenated alkanes) is 11. The van der Waals surface area contributed by atoms with Crippen molar-refractivity contribution in [1.29, 1.82) is 0 Å². The third-order valence-electron chi connectivity index (χ3n) is 8.32. The molecule has 6 nitrogen and oxygen atoms in total. The number of hydrogen-bond acceptors (Lipinski definition) is 6. The topological polar surface area (TPSA) is 66.6 Å². The highest BCUT2D eigenvalue weighted by Crippen LogP contribution is 2.13. The second-order valence-electron chi connectivity index (χ2n) is 12.2. The lowest BCUT2D eigenvalue weighted by Crippen LogP contribution is -2.19. The van der Waals surface area contributed by atoms with Crippen LogP contribution < -0.4 is 30.7 Å². The second-order valence-corrected chi connectivity index (χ2v) is 12.2. The van der Waals surface area contributed by atoms with E-state index in [-0.39, 0.29) is 0 Å². The van der Waals surface area contributed by atoms with Crippen LogP contribution in [-0.2, 0) is 12.8 Å². The molecule has 0 aromatic heterocycles. The van der Waals surface area contributed by atoms with E-state index in [0.29, 0.717) is 0 Å². The van der Waals surface area contributed by atoms with Crippen LogP contribution in [-0.4, -0.2) is 66.6 Å². The molecule has 0 saturated heterocycles. The number of ether oxygens (including phenoxy) is 2. The molecule has 2 aromatic carbocycles. The van der Waals surface area contributed by atoms with Crippen molar-refractivity contribution in [3.8, 4) is 11.5 Å². The second kappa shape index (κ2) is 28.4. The number of nitrogens with one attached hydrogen (secondary N) is 4. The third-order valence-corrected chi connectivity index (χ3v) is 8.32. The van der Waals surface area contributed by atoms with Crippen LogP contribution in [0.15, 0.2) is 48.5 Å². The monoisotopic (exact) mass is 611 g/mol. The van der Waals surface area contributed by atoms with Gasteiger partial charge in [0.1, 0.15) is 11.5 Å². The summed E-state index contributed by atoms with van der Waals surface area (Å²) in [5, 5.41) is 14.4. The van der Waals surface area contributed by atoms with E-state index < -0.39 is 0 Å². The molecule has 0 aliphatic carbocycles. The zero-order valence-corrected chi connectivity index (χ0v) is 28.4. The van der Waals surface area contributed by atoms with E-state index in [4.69, 9.17) is 9.47 Å². The molecule has 0 aliphatic heterocycles. The van der Waals surface area contributed by atoms with Crippen LogP contribution in [0, 0.1) is 0 Å². The van der Waals surface area contributed by atoms with Gasteiger partial charge in [-0.2, -0.15) is 0 Å². The molecule has 44 heavy (non-hydrogen) atoms. The van der Waals surface area contributed by atoms with Crippen LogP contribution in [0.25, 0.3) is 0 Å². The fourth-order valence-corrected chi connectivity index (χ4v) is 5.54. The molecule has 250 valence electrons. The molecular formula is C38H66N4O2. The van der Waals surface area contributed by atoms with Crippen molar-refractivity contribution in [1.82, 2.24) is 21.3 Å². The molecule has 0 fully saturated rings. The lowest BCUT2D eigenvalue weighted by atomic mass is 10.1. The predicted octanol–water partition coefficient (Wildman–Crippen LogP) is 7.31. The SMILES string of the molecule is COc1cccc(CCNCCCCCCNCCCCCCCCNCCCCCCNCCc2cccc(OC)c2)c1. The molecule has 0 unspecified atom stereocenters. The molecule has 0 amide bonds. The maximum Gasteiger partial charge on any atom is 0.119 e. The number of benzene rings is 2. The van der Waals surface area contributed by atoms with Gasteiger partial charge in [0.15, 0.2) is 0 Å².